The van der Waals surface area contributed by atoms with Crippen LogP contribution in [-0.2, 0) is 10.0 Å². The molecule has 1 aliphatic carbocycles. The highest BCUT2D eigenvalue weighted by molar-refractivity contribution is 7.92. The molecule has 1 aromatic carbocycles. The third kappa shape index (κ3) is 3.37. The maximum atomic E-state index is 13.0. The van der Waals surface area contributed by atoms with Gasteiger partial charge in [0.1, 0.15) is 6.26 Å². The van der Waals surface area contributed by atoms with Gasteiger partial charge in [-0.3, -0.25) is 4.31 Å². The summed E-state index contributed by atoms with van der Waals surface area (Å²) in [5, 5.41) is 8.04. The van der Waals surface area contributed by atoms with Crippen molar-refractivity contribution >= 4 is 15.7 Å². The van der Waals surface area contributed by atoms with Gasteiger partial charge in [0.05, 0.1) is 11.3 Å². The molecule has 0 saturated heterocycles. The highest BCUT2D eigenvalue weighted by atomic mass is 32.2. The van der Waals surface area contributed by atoms with Crippen LogP contribution in [-0.4, -0.2) is 25.2 Å². The number of nitrogens with zero attached hydrogens (tertiary/aromatic N) is 3. The van der Waals surface area contributed by atoms with Gasteiger partial charge in [-0.1, -0.05) is 31.0 Å². The van der Waals surface area contributed by atoms with Crippen LogP contribution in [0.4, 0.5) is 5.69 Å². The lowest BCUT2D eigenvalue weighted by atomic mass is 10.1. The molecule has 0 amide bonds. The fraction of sp³-hybridized carbons (Fsp3) is 0.368. The van der Waals surface area contributed by atoms with Crippen LogP contribution in [0, 0.1) is 0 Å². The van der Waals surface area contributed by atoms with E-state index in [0.717, 1.165) is 12.8 Å². The van der Waals surface area contributed by atoms with Gasteiger partial charge in [-0.25, -0.2) is 0 Å². The van der Waals surface area contributed by atoms with Crippen molar-refractivity contribution in [3.05, 3.63) is 48.6 Å². The second-order valence-electron chi connectivity index (χ2n) is 6.59. The summed E-state index contributed by atoms with van der Waals surface area (Å²) in [6, 6.07) is 10.4. The Bertz CT molecular complexity index is 1000. The quantitative estimate of drug-likeness (QED) is 0.630. The molecule has 3 aromatic rings. The maximum absolute atomic E-state index is 13.0. The van der Waals surface area contributed by atoms with E-state index in [1.807, 2.05) is 6.07 Å². The summed E-state index contributed by atoms with van der Waals surface area (Å²) in [5.74, 6) is 1.20. The number of furan rings is 1. The van der Waals surface area contributed by atoms with Crippen molar-refractivity contribution in [2.75, 3.05) is 10.8 Å². The number of benzene rings is 1. The molecular formula is C19H21N3O4S. The molecule has 4 rings (SSSR count). The van der Waals surface area contributed by atoms with Crippen molar-refractivity contribution in [2.24, 2.45) is 0 Å². The zero-order valence-electron chi connectivity index (χ0n) is 15.0. The number of aromatic nitrogens is 2. The number of hydrogen-bond acceptors (Lipinski definition) is 6. The molecule has 1 saturated carbocycles. The van der Waals surface area contributed by atoms with Crippen molar-refractivity contribution in [1.82, 2.24) is 10.2 Å². The summed E-state index contributed by atoms with van der Waals surface area (Å²) in [5.41, 5.74) is 1.05. The average Bonchev–Trinajstić information content (AvgIpc) is 3.42. The van der Waals surface area contributed by atoms with Crippen LogP contribution in [0.5, 0.6) is 0 Å². The van der Waals surface area contributed by atoms with Gasteiger partial charge in [0, 0.05) is 18.5 Å². The van der Waals surface area contributed by atoms with Crippen molar-refractivity contribution in [2.45, 2.75) is 43.6 Å². The van der Waals surface area contributed by atoms with Gasteiger partial charge in [0.15, 0.2) is 0 Å². The third-order valence-electron chi connectivity index (χ3n) is 4.84. The molecule has 0 bridgehead atoms. The summed E-state index contributed by atoms with van der Waals surface area (Å²) in [6.07, 6.45) is 5.79. The Balaban J connectivity index is 1.61. The number of hydrogen-bond donors (Lipinski definition) is 0. The van der Waals surface area contributed by atoms with E-state index in [9.17, 15) is 8.42 Å². The monoisotopic (exact) mass is 387 g/mol. The molecule has 1 aliphatic rings. The van der Waals surface area contributed by atoms with E-state index in [2.05, 4.69) is 10.2 Å². The Kier molecular flexibility index (Phi) is 4.73. The molecule has 0 aliphatic heterocycles. The van der Waals surface area contributed by atoms with Crippen molar-refractivity contribution < 1.29 is 17.3 Å². The van der Waals surface area contributed by atoms with Gasteiger partial charge in [-0.05, 0) is 31.9 Å². The van der Waals surface area contributed by atoms with Crippen LogP contribution < -0.4 is 4.31 Å². The first-order chi connectivity index (χ1) is 13.1. The molecule has 7 nitrogen and oxygen atoms in total. The largest absolute Gasteiger partial charge is 0.450 e. The highest BCUT2D eigenvalue weighted by Gasteiger charge is 2.29. The van der Waals surface area contributed by atoms with E-state index in [0.29, 0.717) is 23.1 Å². The Morgan fingerprint density at radius 3 is 2.59 bits per heavy atom. The molecule has 0 N–H and O–H groups in total. The second kappa shape index (κ2) is 7.19. The third-order valence-corrected chi connectivity index (χ3v) is 6.62. The minimum atomic E-state index is -3.82. The summed E-state index contributed by atoms with van der Waals surface area (Å²) in [6.45, 7) is 2.06. The molecule has 0 spiro atoms. The van der Waals surface area contributed by atoms with Gasteiger partial charge in [0.25, 0.3) is 15.9 Å². The van der Waals surface area contributed by atoms with Gasteiger partial charge >= 0.3 is 0 Å². The van der Waals surface area contributed by atoms with Crippen LogP contribution in [0.1, 0.15) is 44.4 Å². The molecule has 8 heteroatoms. The Labute approximate surface area is 158 Å². The van der Waals surface area contributed by atoms with Crippen molar-refractivity contribution in [1.29, 1.82) is 0 Å². The zero-order chi connectivity index (χ0) is 18.9. The first kappa shape index (κ1) is 17.8. The molecular weight excluding hydrogens is 366 g/mol. The predicted octanol–water partition coefficient (Wildman–Crippen LogP) is 4.20. The van der Waals surface area contributed by atoms with E-state index in [4.69, 9.17) is 8.83 Å². The molecule has 2 aromatic heterocycles. The Morgan fingerprint density at radius 2 is 1.89 bits per heavy atom. The normalized spacial score (nSPS) is 15.3. The van der Waals surface area contributed by atoms with Gasteiger partial charge in [0.2, 0.25) is 11.0 Å². The van der Waals surface area contributed by atoms with Gasteiger partial charge in [-0.15, -0.1) is 10.2 Å². The highest BCUT2D eigenvalue weighted by Crippen LogP contribution is 2.35. The lowest BCUT2D eigenvalue weighted by Gasteiger charge is -2.21. The zero-order valence-corrected chi connectivity index (χ0v) is 15.9. The fourth-order valence-electron chi connectivity index (χ4n) is 3.45. The first-order valence-electron chi connectivity index (χ1n) is 9.09. The lowest BCUT2D eigenvalue weighted by Crippen LogP contribution is -2.30. The number of rotatable bonds is 6. The Hall–Kier alpha value is -2.61. The second-order valence-corrected chi connectivity index (χ2v) is 8.38. The SMILES string of the molecule is CCN(c1ccccc1)S(=O)(=O)c1cc(-c2nnc(C3CCCC3)o2)co1. The maximum Gasteiger partial charge on any atom is 0.297 e. The molecule has 2 heterocycles. The summed E-state index contributed by atoms with van der Waals surface area (Å²) < 4.78 is 38.4. The van der Waals surface area contributed by atoms with Crippen LogP contribution in [0.15, 0.2) is 56.6 Å². The Morgan fingerprint density at radius 1 is 1.15 bits per heavy atom. The number of para-hydroxylation sites is 1. The first-order valence-corrected chi connectivity index (χ1v) is 10.5. The average molecular weight is 387 g/mol. The predicted molar refractivity (Wildman–Crippen MR) is 99.9 cm³/mol. The fourth-order valence-corrected chi connectivity index (χ4v) is 4.85. The molecule has 0 radical (unpaired) electrons. The van der Waals surface area contributed by atoms with Crippen molar-refractivity contribution in [3.8, 4) is 11.5 Å². The van der Waals surface area contributed by atoms with E-state index < -0.39 is 10.0 Å². The molecule has 0 atom stereocenters. The number of anilines is 1. The molecule has 142 valence electrons. The summed E-state index contributed by atoms with van der Waals surface area (Å²) in [4.78, 5) is 0. The molecule has 1 fully saturated rings. The van der Waals surface area contributed by atoms with Crippen molar-refractivity contribution in [3.63, 3.8) is 0 Å². The van der Waals surface area contributed by atoms with Gasteiger partial charge in [-0.2, -0.15) is 8.42 Å². The van der Waals surface area contributed by atoms with Crippen LogP contribution in [0.25, 0.3) is 11.5 Å². The van der Waals surface area contributed by atoms with Gasteiger partial charge < -0.3 is 8.83 Å². The smallest absolute Gasteiger partial charge is 0.297 e. The van der Waals surface area contributed by atoms with E-state index in [1.54, 1.807) is 31.2 Å². The van der Waals surface area contributed by atoms with E-state index in [-0.39, 0.29) is 17.5 Å². The summed E-state index contributed by atoms with van der Waals surface area (Å²) in [7, 11) is -3.82. The standard InChI is InChI=1S/C19H21N3O4S/c1-2-22(16-10-4-3-5-11-16)27(23,24)17-12-15(13-25-17)19-21-20-18(26-19)14-8-6-7-9-14/h3-5,10-14H,2,6-9H2,1H3. The molecule has 0 unspecified atom stereocenters. The lowest BCUT2D eigenvalue weighted by molar-refractivity contribution is 0.446. The minimum absolute atomic E-state index is 0.149. The minimum Gasteiger partial charge on any atom is -0.450 e. The van der Waals surface area contributed by atoms with E-state index >= 15 is 0 Å². The van der Waals surface area contributed by atoms with Crippen LogP contribution in [0.3, 0.4) is 0 Å². The molecule has 27 heavy (non-hydrogen) atoms. The van der Waals surface area contributed by atoms with Crippen LogP contribution >= 0.6 is 0 Å². The topological polar surface area (TPSA) is 89.4 Å². The van der Waals surface area contributed by atoms with Crippen LogP contribution in [0.2, 0.25) is 0 Å². The summed E-state index contributed by atoms with van der Waals surface area (Å²) >= 11 is 0. The number of sulfonamides is 1. The van der Waals surface area contributed by atoms with E-state index in [1.165, 1.54) is 29.5 Å².